The van der Waals surface area contributed by atoms with Gasteiger partial charge < -0.3 is 0 Å². The molecule has 4 aromatic rings. The van der Waals surface area contributed by atoms with Crippen LogP contribution in [0.15, 0.2) is 121 Å². The van der Waals surface area contributed by atoms with Crippen molar-refractivity contribution in [2.24, 2.45) is 0 Å². The summed E-state index contributed by atoms with van der Waals surface area (Å²) in [5.41, 5.74) is 5.97. The van der Waals surface area contributed by atoms with Crippen molar-refractivity contribution in [2.45, 2.75) is 5.66 Å². The van der Waals surface area contributed by atoms with Crippen LogP contribution < -0.4 is 10.6 Å². The van der Waals surface area contributed by atoms with Crippen molar-refractivity contribution in [3.8, 4) is 12.1 Å². The molecule has 0 spiro atoms. The molecule has 4 aromatic carbocycles. The molecule has 0 aliphatic heterocycles. The van der Waals surface area contributed by atoms with Crippen molar-refractivity contribution in [2.75, 3.05) is 6.26 Å². The number of hydrogen-bond donors (Lipinski definition) is 1. The summed E-state index contributed by atoms with van der Waals surface area (Å²) in [7, 11) is -1.40. The molecule has 0 fully saturated rings. The fourth-order valence-corrected chi connectivity index (χ4v) is 4.95. The van der Waals surface area contributed by atoms with Crippen molar-refractivity contribution in [1.82, 2.24) is 0 Å². The molecular formula is C28H28O3P2S. The van der Waals surface area contributed by atoms with E-state index in [0.29, 0.717) is 11.9 Å². The molecular weight excluding hydrogens is 478 g/mol. The molecule has 1 atom stereocenters. The predicted molar refractivity (Wildman–Crippen MR) is 150 cm³/mol. The average molecular weight is 507 g/mol. The van der Waals surface area contributed by atoms with Gasteiger partial charge in [0.25, 0.3) is 10.1 Å². The summed E-state index contributed by atoms with van der Waals surface area (Å²) in [6.45, 7) is 0. The molecule has 34 heavy (non-hydrogen) atoms. The molecule has 174 valence electrons. The third-order valence-corrected chi connectivity index (χ3v) is 7.13. The fourth-order valence-electron chi connectivity index (χ4n) is 2.97. The standard InChI is InChI=1S/C14H11P.C13H13P.CH4O3S/c1-2-15(13-9-5-3-6-10-13)14-11-7-4-8-12-14;14-13(11-7-3-1-4-8-11)12-9-5-2-6-10-12;1-5(2,3)4/h1,3-12H;1-10,13H,14H2;1H3,(H,2,3,4). The highest BCUT2D eigenvalue weighted by Crippen LogP contribution is 2.31. The van der Waals surface area contributed by atoms with Gasteiger partial charge in [-0.1, -0.05) is 127 Å². The van der Waals surface area contributed by atoms with E-state index in [-0.39, 0.29) is 0 Å². The highest BCUT2D eigenvalue weighted by atomic mass is 32.2. The van der Waals surface area contributed by atoms with E-state index in [9.17, 15) is 8.42 Å². The van der Waals surface area contributed by atoms with Crippen LogP contribution in [0.25, 0.3) is 0 Å². The Morgan fingerprint density at radius 3 is 1.24 bits per heavy atom. The first-order chi connectivity index (χ1) is 16.3. The SMILES string of the molecule is C#CP(c1ccccc1)c1ccccc1.CS(=O)(=O)O.PC(c1ccccc1)c1ccccc1. The van der Waals surface area contributed by atoms with Crippen molar-refractivity contribution in [3.05, 3.63) is 132 Å². The lowest BCUT2D eigenvalue weighted by Crippen LogP contribution is -2.09. The second-order valence-electron chi connectivity index (χ2n) is 7.17. The maximum Gasteiger partial charge on any atom is 0.261 e. The Morgan fingerprint density at radius 2 is 0.971 bits per heavy atom. The van der Waals surface area contributed by atoms with Gasteiger partial charge in [0.1, 0.15) is 0 Å². The number of hydrogen-bond acceptors (Lipinski definition) is 2. The Morgan fingerprint density at radius 1 is 0.706 bits per heavy atom. The number of rotatable bonds is 4. The lowest BCUT2D eigenvalue weighted by molar-refractivity contribution is 0.490. The molecule has 0 aromatic heterocycles. The zero-order valence-corrected chi connectivity index (χ0v) is 21.8. The van der Waals surface area contributed by atoms with Gasteiger partial charge in [0.05, 0.1) is 6.26 Å². The first kappa shape index (κ1) is 27.5. The van der Waals surface area contributed by atoms with E-state index in [1.807, 2.05) is 48.5 Å². The van der Waals surface area contributed by atoms with Crippen LogP contribution >= 0.6 is 17.2 Å². The predicted octanol–water partition coefficient (Wildman–Crippen LogP) is 5.87. The largest absolute Gasteiger partial charge is 0.286 e. The molecule has 0 aliphatic rings. The molecule has 0 heterocycles. The minimum Gasteiger partial charge on any atom is -0.286 e. The van der Waals surface area contributed by atoms with E-state index < -0.39 is 18.0 Å². The molecule has 0 saturated heterocycles. The summed E-state index contributed by atoms with van der Waals surface area (Å²) in [4.78, 5) is 0. The molecule has 0 radical (unpaired) electrons. The fraction of sp³-hybridized carbons (Fsp3) is 0.0714. The molecule has 0 amide bonds. The van der Waals surface area contributed by atoms with Crippen LogP contribution in [0.2, 0.25) is 0 Å². The van der Waals surface area contributed by atoms with Crippen molar-refractivity contribution in [3.63, 3.8) is 0 Å². The van der Waals surface area contributed by atoms with E-state index in [1.54, 1.807) is 0 Å². The van der Waals surface area contributed by atoms with Crippen molar-refractivity contribution < 1.29 is 13.0 Å². The normalized spacial score (nSPS) is 10.4. The zero-order chi connectivity index (χ0) is 24.8. The third-order valence-electron chi connectivity index (χ3n) is 4.48. The quantitative estimate of drug-likeness (QED) is 0.214. The Kier molecular flexibility index (Phi) is 11.7. The van der Waals surface area contributed by atoms with Gasteiger partial charge in [-0.2, -0.15) is 8.42 Å². The van der Waals surface area contributed by atoms with E-state index in [2.05, 4.69) is 87.7 Å². The molecule has 1 unspecified atom stereocenters. The molecule has 0 saturated carbocycles. The van der Waals surface area contributed by atoms with E-state index in [0.717, 1.165) is 0 Å². The van der Waals surface area contributed by atoms with Crippen LogP contribution in [-0.4, -0.2) is 19.2 Å². The topological polar surface area (TPSA) is 54.4 Å². The monoisotopic (exact) mass is 506 g/mol. The van der Waals surface area contributed by atoms with Gasteiger partial charge >= 0.3 is 0 Å². The summed E-state index contributed by atoms with van der Waals surface area (Å²) in [5, 5.41) is 2.47. The molecule has 6 heteroatoms. The van der Waals surface area contributed by atoms with Gasteiger partial charge in [-0.15, -0.1) is 15.7 Å². The molecule has 4 rings (SSSR count). The molecule has 3 nitrogen and oxygen atoms in total. The number of benzene rings is 4. The van der Waals surface area contributed by atoms with Crippen LogP contribution in [-0.2, 0) is 10.1 Å². The van der Waals surface area contributed by atoms with Crippen LogP contribution in [0.4, 0.5) is 0 Å². The van der Waals surface area contributed by atoms with Gasteiger partial charge in [0, 0.05) is 13.6 Å². The first-order valence-electron chi connectivity index (χ1n) is 10.4. The van der Waals surface area contributed by atoms with Crippen LogP contribution in [0.3, 0.4) is 0 Å². The molecule has 0 bridgehead atoms. The molecule has 1 N–H and O–H groups in total. The van der Waals surface area contributed by atoms with Gasteiger partial charge in [0.15, 0.2) is 0 Å². The second kappa shape index (κ2) is 14.5. The summed E-state index contributed by atoms with van der Waals surface area (Å²) < 4.78 is 25.9. The lowest BCUT2D eigenvalue weighted by Gasteiger charge is -2.11. The van der Waals surface area contributed by atoms with Gasteiger partial charge in [-0.05, 0) is 21.7 Å². The Bertz CT molecular complexity index is 1160. The van der Waals surface area contributed by atoms with Gasteiger partial charge in [0.2, 0.25) is 0 Å². The minimum atomic E-state index is -3.67. The summed E-state index contributed by atoms with van der Waals surface area (Å²) in [5.74, 6) is 0. The Balaban J connectivity index is 0.000000202. The van der Waals surface area contributed by atoms with E-state index in [1.165, 1.54) is 21.7 Å². The van der Waals surface area contributed by atoms with E-state index >= 15 is 0 Å². The first-order valence-corrected chi connectivity index (χ1v) is 14.3. The minimum absolute atomic E-state index is 0.400. The summed E-state index contributed by atoms with van der Waals surface area (Å²) in [6.07, 6.45) is 6.33. The van der Waals surface area contributed by atoms with E-state index in [4.69, 9.17) is 11.0 Å². The smallest absolute Gasteiger partial charge is 0.261 e. The van der Waals surface area contributed by atoms with Gasteiger partial charge in [-0.25, -0.2) is 0 Å². The van der Waals surface area contributed by atoms with Crippen LogP contribution in [0.1, 0.15) is 16.8 Å². The third kappa shape index (κ3) is 10.4. The zero-order valence-electron chi connectivity index (χ0n) is 18.9. The summed E-state index contributed by atoms with van der Waals surface area (Å²) >= 11 is 0. The van der Waals surface area contributed by atoms with Crippen molar-refractivity contribution in [1.29, 1.82) is 0 Å². The van der Waals surface area contributed by atoms with Crippen LogP contribution in [0, 0.1) is 12.1 Å². The maximum absolute atomic E-state index is 9.19. The number of terminal acetylenes is 1. The second-order valence-corrected chi connectivity index (χ2v) is 11.3. The van der Waals surface area contributed by atoms with Gasteiger partial charge in [-0.3, -0.25) is 4.55 Å². The highest BCUT2D eigenvalue weighted by Gasteiger charge is 2.09. The molecule has 0 aliphatic carbocycles. The van der Waals surface area contributed by atoms with Crippen molar-refractivity contribution >= 4 is 37.9 Å². The maximum atomic E-state index is 9.19. The highest BCUT2D eigenvalue weighted by molar-refractivity contribution is 7.85. The summed E-state index contributed by atoms with van der Waals surface area (Å²) in [6, 6.07) is 41.6. The van der Waals surface area contributed by atoms with Crippen LogP contribution in [0.5, 0.6) is 0 Å². The average Bonchev–Trinajstić information content (AvgIpc) is 2.86. The Hall–Kier alpha value is -2.79. The lowest BCUT2D eigenvalue weighted by atomic mass is 10.0. The Labute approximate surface area is 207 Å².